The van der Waals surface area contributed by atoms with Gasteiger partial charge in [-0.3, -0.25) is 0 Å². The van der Waals surface area contributed by atoms with E-state index < -0.39 is 0 Å². The average Bonchev–Trinajstić information content (AvgIpc) is 2.75. The molecule has 4 saturated carbocycles. The van der Waals surface area contributed by atoms with Gasteiger partial charge in [-0.2, -0.15) is 0 Å². The van der Waals surface area contributed by atoms with Crippen LogP contribution in [0.4, 0.5) is 4.79 Å². The number of carbonyl (C=O) groups excluding carboxylic acids is 1. The van der Waals surface area contributed by atoms with Crippen molar-refractivity contribution in [2.45, 2.75) is 144 Å². The summed E-state index contributed by atoms with van der Waals surface area (Å²) in [6, 6.07) is 0. The van der Waals surface area contributed by atoms with Crippen molar-refractivity contribution in [3.05, 3.63) is 58.4 Å². The zero-order valence-electron chi connectivity index (χ0n) is 26.5. The van der Waals surface area contributed by atoms with Crippen molar-refractivity contribution >= 4 is 6.09 Å². The van der Waals surface area contributed by atoms with Crippen molar-refractivity contribution in [1.82, 2.24) is 5.32 Å². The van der Waals surface area contributed by atoms with Crippen molar-refractivity contribution < 1.29 is 9.53 Å². The summed E-state index contributed by atoms with van der Waals surface area (Å²) >= 11 is 0. The summed E-state index contributed by atoms with van der Waals surface area (Å²) in [5.74, 6) is 1.45. The van der Waals surface area contributed by atoms with Gasteiger partial charge in [0.25, 0.3) is 0 Å². The lowest BCUT2D eigenvalue weighted by atomic mass is 9.43. The lowest BCUT2D eigenvalue weighted by molar-refractivity contribution is -0.115. The van der Waals surface area contributed by atoms with Crippen molar-refractivity contribution in [3.8, 4) is 0 Å². The average molecular weight is 536 g/mol. The summed E-state index contributed by atoms with van der Waals surface area (Å²) in [5, 5.41) is 3.35. The quantitative estimate of drug-likeness (QED) is 0.188. The number of alkyl carbamates (subject to hydrolysis) is 1. The first-order valence-electron chi connectivity index (χ1n) is 15.6. The maximum absolute atomic E-state index is 12.8. The van der Waals surface area contributed by atoms with Gasteiger partial charge < -0.3 is 10.1 Å². The number of ether oxygens (including phenoxy) is 1. The van der Waals surface area contributed by atoms with E-state index >= 15 is 0 Å². The topological polar surface area (TPSA) is 38.3 Å². The molecular weight excluding hydrogens is 478 g/mol. The van der Waals surface area contributed by atoms with Crippen LogP contribution >= 0.6 is 0 Å². The van der Waals surface area contributed by atoms with E-state index in [1.807, 2.05) is 13.0 Å². The first-order valence-corrected chi connectivity index (χ1v) is 15.6. The minimum Gasteiger partial charge on any atom is -0.416 e. The molecule has 2 unspecified atom stereocenters. The third-order valence-electron chi connectivity index (χ3n) is 9.27. The fourth-order valence-electron chi connectivity index (χ4n) is 8.43. The van der Waals surface area contributed by atoms with Crippen LogP contribution in [0.15, 0.2) is 58.4 Å². The number of carbonyl (C=O) groups is 1. The molecule has 1 amide bonds. The molecule has 0 spiro atoms. The molecule has 3 nitrogen and oxygen atoms in total. The standard InChI is InChI=1S/C36H57NO2/c1-27(2)13-9-14-28(3)15-10-16-29(4)17-11-18-30(5)19-12-20-31(6)39-33(38)37-36-23-32-21-34(7,25-36)24-35(8,22-32)26-36/h13,15,17,19-20,32H,9-12,14,16,18,21-26H2,1-8H3,(H,37,38). The molecule has 39 heavy (non-hydrogen) atoms. The fraction of sp³-hybridized carbons (Fsp3) is 0.694. The third-order valence-corrected chi connectivity index (χ3v) is 9.27. The Morgan fingerprint density at radius 3 is 1.74 bits per heavy atom. The predicted octanol–water partition coefficient (Wildman–Crippen LogP) is 10.9. The van der Waals surface area contributed by atoms with Gasteiger partial charge in [-0.1, -0.05) is 60.4 Å². The smallest absolute Gasteiger partial charge is 0.412 e. The Balaban J connectivity index is 1.35. The first kappa shape index (κ1) is 31.5. The van der Waals surface area contributed by atoms with Crippen LogP contribution in [0.3, 0.4) is 0 Å². The Labute approximate surface area is 240 Å². The molecule has 0 saturated heterocycles. The second-order valence-corrected chi connectivity index (χ2v) is 14.5. The monoisotopic (exact) mass is 535 g/mol. The first-order chi connectivity index (χ1) is 18.3. The molecule has 3 heteroatoms. The highest BCUT2D eigenvalue weighted by Crippen LogP contribution is 2.66. The highest BCUT2D eigenvalue weighted by Gasteiger charge is 2.60. The largest absolute Gasteiger partial charge is 0.416 e. The molecule has 4 bridgehead atoms. The molecule has 2 atom stereocenters. The van der Waals surface area contributed by atoms with Gasteiger partial charge in [-0.05, 0) is 148 Å². The predicted molar refractivity (Wildman–Crippen MR) is 167 cm³/mol. The molecule has 0 aliphatic heterocycles. The van der Waals surface area contributed by atoms with Crippen molar-refractivity contribution in [1.29, 1.82) is 0 Å². The second-order valence-electron chi connectivity index (χ2n) is 14.5. The second kappa shape index (κ2) is 13.6. The normalized spacial score (nSPS) is 30.9. The minimum atomic E-state index is -0.267. The van der Waals surface area contributed by atoms with Crippen LogP contribution in [0, 0.1) is 16.7 Å². The van der Waals surface area contributed by atoms with E-state index in [-0.39, 0.29) is 11.6 Å². The lowest BCUT2D eigenvalue weighted by Gasteiger charge is -2.65. The van der Waals surface area contributed by atoms with E-state index in [1.54, 1.807) is 0 Å². The number of amides is 1. The van der Waals surface area contributed by atoms with Crippen LogP contribution in [-0.2, 0) is 4.74 Å². The lowest BCUT2D eigenvalue weighted by Crippen LogP contribution is -2.65. The number of hydrogen-bond acceptors (Lipinski definition) is 2. The number of rotatable bonds is 13. The van der Waals surface area contributed by atoms with Crippen molar-refractivity contribution in [2.75, 3.05) is 0 Å². The number of allylic oxidation sites excluding steroid dienone is 10. The molecule has 0 aromatic carbocycles. The number of nitrogens with one attached hydrogen (secondary N) is 1. The zero-order valence-corrected chi connectivity index (χ0v) is 26.5. The molecule has 0 aromatic heterocycles. The van der Waals surface area contributed by atoms with Crippen LogP contribution in [0.2, 0.25) is 0 Å². The van der Waals surface area contributed by atoms with E-state index in [1.165, 1.54) is 48.0 Å². The van der Waals surface area contributed by atoms with E-state index in [0.717, 1.165) is 63.7 Å². The molecule has 1 N–H and O–H groups in total. The SMILES string of the molecule is CC(C)=CCCC(C)=CCCC(C)=CCCC(C)=CCC=C(C)OC(=O)NC12CC3CC(C)(CC(C)(C3)C1)C2. The van der Waals surface area contributed by atoms with E-state index in [4.69, 9.17) is 4.74 Å². The zero-order chi connectivity index (χ0) is 28.7. The van der Waals surface area contributed by atoms with Crippen LogP contribution in [0.1, 0.15) is 139 Å². The van der Waals surface area contributed by atoms with Gasteiger partial charge in [-0.15, -0.1) is 0 Å². The molecule has 0 radical (unpaired) electrons. The highest BCUT2D eigenvalue weighted by atomic mass is 16.6. The molecule has 218 valence electrons. The molecule has 4 aliphatic rings. The van der Waals surface area contributed by atoms with Crippen molar-refractivity contribution in [3.63, 3.8) is 0 Å². The molecule has 0 aromatic rings. The van der Waals surface area contributed by atoms with Gasteiger partial charge in [0.05, 0.1) is 0 Å². The Morgan fingerprint density at radius 2 is 1.23 bits per heavy atom. The summed E-state index contributed by atoms with van der Waals surface area (Å²) in [7, 11) is 0. The van der Waals surface area contributed by atoms with E-state index in [9.17, 15) is 4.79 Å². The molecule has 4 aliphatic carbocycles. The van der Waals surface area contributed by atoms with Crippen molar-refractivity contribution in [2.24, 2.45) is 16.7 Å². The Kier molecular flexibility index (Phi) is 10.9. The van der Waals surface area contributed by atoms with Gasteiger partial charge in [0.15, 0.2) is 0 Å². The van der Waals surface area contributed by atoms with Gasteiger partial charge in [-0.25, -0.2) is 4.79 Å². The number of hydrogen-bond donors (Lipinski definition) is 1. The summed E-state index contributed by atoms with van der Waals surface area (Å²) in [5.41, 5.74) is 6.46. The van der Waals surface area contributed by atoms with E-state index in [2.05, 4.69) is 78.1 Å². The van der Waals surface area contributed by atoms with Crippen LogP contribution in [0.5, 0.6) is 0 Å². The summed E-state index contributed by atoms with van der Waals surface area (Å²) < 4.78 is 5.70. The fourth-order valence-corrected chi connectivity index (χ4v) is 8.43. The van der Waals surface area contributed by atoms with Gasteiger partial charge >= 0.3 is 6.09 Å². The summed E-state index contributed by atoms with van der Waals surface area (Å²) in [6.45, 7) is 17.8. The van der Waals surface area contributed by atoms with Gasteiger partial charge in [0.2, 0.25) is 0 Å². The maximum Gasteiger partial charge on any atom is 0.412 e. The Morgan fingerprint density at radius 1 is 0.718 bits per heavy atom. The van der Waals surface area contributed by atoms with E-state index in [0.29, 0.717) is 16.6 Å². The third kappa shape index (κ3) is 10.1. The van der Waals surface area contributed by atoms with Gasteiger partial charge in [0.1, 0.15) is 5.76 Å². The maximum atomic E-state index is 12.8. The van der Waals surface area contributed by atoms with Gasteiger partial charge in [0, 0.05) is 5.54 Å². The Bertz CT molecular complexity index is 1000. The minimum absolute atomic E-state index is 0.0665. The van der Waals surface area contributed by atoms with Crippen LogP contribution < -0.4 is 5.32 Å². The summed E-state index contributed by atoms with van der Waals surface area (Å²) in [4.78, 5) is 12.8. The molecule has 4 fully saturated rings. The molecule has 0 heterocycles. The Hall–Kier alpha value is -2.03. The van der Waals surface area contributed by atoms with Crippen LogP contribution in [-0.4, -0.2) is 11.6 Å². The highest BCUT2D eigenvalue weighted by molar-refractivity contribution is 5.69. The molecule has 4 rings (SSSR count). The van der Waals surface area contributed by atoms with Crippen LogP contribution in [0.25, 0.3) is 0 Å². The summed E-state index contributed by atoms with van der Waals surface area (Å²) in [6.07, 6.45) is 26.0. The molecular formula is C36H57NO2.